The van der Waals surface area contributed by atoms with Gasteiger partial charge in [-0.05, 0) is 13.3 Å². The number of halogens is 1. The molecule has 4 heteroatoms. The summed E-state index contributed by atoms with van der Waals surface area (Å²) < 4.78 is 5.40. The van der Waals surface area contributed by atoms with Crippen molar-refractivity contribution in [1.82, 2.24) is 9.97 Å². The second-order valence-corrected chi connectivity index (χ2v) is 3.57. The van der Waals surface area contributed by atoms with Gasteiger partial charge >= 0.3 is 0 Å². The van der Waals surface area contributed by atoms with E-state index in [1.807, 2.05) is 6.92 Å². The van der Waals surface area contributed by atoms with Gasteiger partial charge in [0.05, 0.1) is 0 Å². The van der Waals surface area contributed by atoms with E-state index in [0.717, 1.165) is 24.2 Å². The van der Waals surface area contributed by atoms with Crippen LogP contribution < -0.4 is 4.74 Å². The van der Waals surface area contributed by atoms with Crippen molar-refractivity contribution in [3.8, 4) is 5.88 Å². The topological polar surface area (TPSA) is 35.0 Å². The zero-order valence-corrected chi connectivity index (χ0v) is 9.84. The van der Waals surface area contributed by atoms with Crippen molar-refractivity contribution >= 4 is 11.6 Å². The minimum absolute atomic E-state index is 0.430. The maximum absolute atomic E-state index is 5.98. The summed E-state index contributed by atoms with van der Waals surface area (Å²) in [7, 11) is 0. The fraction of sp³-hybridized carbons (Fsp3) is 0.455. The Balaban J connectivity index is 2.95. The summed E-state index contributed by atoms with van der Waals surface area (Å²) in [6.07, 6.45) is 3.47. The Bertz CT molecular complexity index is 353. The Morgan fingerprint density at radius 3 is 2.80 bits per heavy atom. The quantitative estimate of drug-likeness (QED) is 0.572. The van der Waals surface area contributed by atoms with Gasteiger partial charge in [-0.25, -0.2) is 4.98 Å². The maximum Gasteiger partial charge on any atom is 0.221 e. The smallest absolute Gasteiger partial charge is 0.221 e. The number of aryl methyl sites for hydroxylation is 1. The van der Waals surface area contributed by atoms with E-state index in [4.69, 9.17) is 16.3 Å². The molecule has 1 rings (SSSR count). The van der Waals surface area contributed by atoms with E-state index in [0.29, 0.717) is 17.6 Å². The Hall–Kier alpha value is -1.09. The zero-order valence-electron chi connectivity index (χ0n) is 9.09. The van der Waals surface area contributed by atoms with Gasteiger partial charge < -0.3 is 4.74 Å². The van der Waals surface area contributed by atoms with E-state index in [1.165, 1.54) is 0 Å². The molecular weight excluding hydrogens is 212 g/mol. The molecule has 0 unspecified atom stereocenters. The second-order valence-electron chi connectivity index (χ2n) is 3.21. The molecule has 0 amide bonds. The average molecular weight is 227 g/mol. The second kappa shape index (κ2) is 5.71. The molecule has 0 fully saturated rings. The molecule has 1 aromatic heterocycles. The van der Waals surface area contributed by atoms with Gasteiger partial charge in [0.1, 0.15) is 17.6 Å². The molecule has 0 aliphatic heterocycles. The molecule has 1 aromatic rings. The van der Waals surface area contributed by atoms with Crippen LogP contribution in [-0.2, 0) is 6.42 Å². The predicted octanol–water partition coefficient (Wildman–Crippen LogP) is 2.96. The van der Waals surface area contributed by atoms with Gasteiger partial charge in [-0.3, -0.25) is 0 Å². The first kappa shape index (κ1) is 12.0. The van der Waals surface area contributed by atoms with Gasteiger partial charge in [0.25, 0.3) is 0 Å². The number of nitrogens with zero attached hydrogens (tertiary/aromatic N) is 2. The number of aromatic nitrogens is 2. The number of ether oxygens (including phenoxy) is 1. The largest absolute Gasteiger partial charge is 0.473 e. The van der Waals surface area contributed by atoms with Gasteiger partial charge in [-0.2, -0.15) is 4.98 Å². The predicted molar refractivity (Wildman–Crippen MR) is 61.5 cm³/mol. The lowest BCUT2D eigenvalue weighted by Crippen LogP contribution is -2.03. The van der Waals surface area contributed by atoms with E-state index >= 15 is 0 Å². The van der Waals surface area contributed by atoms with Crippen LogP contribution in [0.1, 0.15) is 24.7 Å². The standard InChI is InChI=1S/C11H15ClN2O/c1-4-6-9-13-10(12)8(3)11(14-9)15-7-5-2/h5H,2,4,6-7H2,1,3H3. The van der Waals surface area contributed by atoms with Crippen LogP contribution in [-0.4, -0.2) is 16.6 Å². The Kier molecular flexibility index (Phi) is 4.56. The normalized spacial score (nSPS) is 10.1. The summed E-state index contributed by atoms with van der Waals surface area (Å²) in [4.78, 5) is 8.47. The maximum atomic E-state index is 5.98. The van der Waals surface area contributed by atoms with Crippen LogP contribution >= 0.6 is 11.6 Å². The van der Waals surface area contributed by atoms with Crippen LogP contribution in [0.5, 0.6) is 5.88 Å². The Morgan fingerprint density at radius 1 is 1.47 bits per heavy atom. The van der Waals surface area contributed by atoms with E-state index in [-0.39, 0.29) is 0 Å². The van der Waals surface area contributed by atoms with E-state index < -0.39 is 0 Å². The monoisotopic (exact) mass is 226 g/mol. The lowest BCUT2D eigenvalue weighted by atomic mass is 10.3. The van der Waals surface area contributed by atoms with Crippen molar-refractivity contribution in [3.05, 3.63) is 29.2 Å². The number of rotatable bonds is 5. The molecule has 3 nitrogen and oxygen atoms in total. The Morgan fingerprint density at radius 2 is 2.20 bits per heavy atom. The molecule has 0 saturated carbocycles. The number of hydrogen-bond acceptors (Lipinski definition) is 3. The molecule has 0 radical (unpaired) electrons. The van der Waals surface area contributed by atoms with Crippen molar-refractivity contribution in [1.29, 1.82) is 0 Å². The summed E-state index contributed by atoms with van der Waals surface area (Å²) >= 11 is 5.98. The highest BCUT2D eigenvalue weighted by molar-refractivity contribution is 6.30. The fourth-order valence-electron chi connectivity index (χ4n) is 1.13. The first-order chi connectivity index (χ1) is 7.19. The fourth-order valence-corrected chi connectivity index (χ4v) is 1.30. The molecule has 0 aliphatic carbocycles. The van der Waals surface area contributed by atoms with E-state index in [1.54, 1.807) is 6.08 Å². The molecule has 1 heterocycles. The molecule has 15 heavy (non-hydrogen) atoms. The highest BCUT2D eigenvalue weighted by Gasteiger charge is 2.09. The van der Waals surface area contributed by atoms with Crippen molar-refractivity contribution < 1.29 is 4.74 Å². The third-order valence-corrected chi connectivity index (χ3v) is 2.27. The van der Waals surface area contributed by atoms with E-state index in [9.17, 15) is 0 Å². The van der Waals surface area contributed by atoms with Crippen LogP contribution in [0.25, 0.3) is 0 Å². The molecule has 0 atom stereocenters. The zero-order chi connectivity index (χ0) is 11.3. The summed E-state index contributed by atoms with van der Waals surface area (Å²) in [5.74, 6) is 1.28. The highest BCUT2D eigenvalue weighted by atomic mass is 35.5. The van der Waals surface area contributed by atoms with Crippen LogP contribution in [0.4, 0.5) is 0 Å². The molecule has 0 saturated heterocycles. The third kappa shape index (κ3) is 3.20. The first-order valence-electron chi connectivity index (χ1n) is 4.95. The van der Waals surface area contributed by atoms with Crippen molar-refractivity contribution in [2.45, 2.75) is 26.7 Å². The lowest BCUT2D eigenvalue weighted by Gasteiger charge is -2.08. The lowest BCUT2D eigenvalue weighted by molar-refractivity contribution is 0.343. The number of hydrogen-bond donors (Lipinski definition) is 0. The van der Waals surface area contributed by atoms with E-state index in [2.05, 4.69) is 23.5 Å². The molecule has 82 valence electrons. The highest BCUT2D eigenvalue weighted by Crippen LogP contribution is 2.22. The molecular formula is C11H15ClN2O. The third-order valence-electron chi connectivity index (χ3n) is 1.90. The summed E-state index contributed by atoms with van der Waals surface area (Å²) in [5.41, 5.74) is 0.776. The van der Waals surface area contributed by atoms with Gasteiger partial charge in [0.2, 0.25) is 5.88 Å². The van der Waals surface area contributed by atoms with Crippen LogP contribution in [0.3, 0.4) is 0 Å². The molecule has 0 aliphatic rings. The molecule has 0 bridgehead atoms. The average Bonchev–Trinajstić information content (AvgIpc) is 2.21. The minimum Gasteiger partial charge on any atom is -0.473 e. The van der Waals surface area contributed by atoms with Crippen LogP contribution in [0, 0.1) is 6.92 Å². The van der Waals surface area contributed by atoms with Gasteiger partial charge in [0, 0.05) is 12.0 Å². The summed E-state index contributed by atoms with van der Waals surface area (Å²) in [5, 5.41) is 0.465. The van der Waals surface area contributed by atoms with Gasteiger partial charge in [-0.1, -0.05) is 31.2 Å². The van der Waals surface area contributed by atoms with Crippen LogP contribution in [0.2, 0.25) is 5.15 Å². The van der Waals surface area contributed by atoms with Crippen molar-refractivity contribution in [3.63, 3.8) is 0 Å². The van der Waals surface area contributed by atoms with Crippen molar-refractivity contribution in [2.75, 3.05) is 6.61 Å². The molecule has 0 N–H and O–H groups in total. The first-order valence-corrected chi connectivity index (χ1v) is 5.33. The van der Waals surface area contributed by atoms with Gasteiger partial charge in [-0.15, -0.1) is 0 Å². The molecule has 0 aromatic carbocycles. The van der Waals surface area contributed by atoms with Crippen LogP contribution in [0.15, 0.2) is 12.7 Å². The SMILES string of the molecule is C=CCOc1nc(CCC)nc(Cl)c1C. The Labute approximate surface area is 95.2 Å². The summed E-state index contributed by atoms with van der Waals surface area (Å²) in [6, 6.07) is 0. The summed E-state index contributed by atoms with van der Waals surface area (Å²) in [6.45, 7) is 7.93. The van der Waals surface area contributed by atoms with Crippen molar-refractivity contribution in [2.24, 2.45) is 0 Å². The van der Waals surface area contributed by atoms with Gasteiger partial charge in [0.15, 0.2) is 0 Å². The minimum atomic E-state index is 0.430. The molecule has 0 spiro atoms.